The van der Waals surface area contributed by atoms with Gasteiger partial charge >= 0.3 is 0 Å². The van der Waals surface area contributed by atoms with E-state index in [1.54, 1.807) is 66.4 Å². The van der Waals surface area contributed by atoms with Gasteiger partial charge in [-0.1, -0.05) is 42.8 Å². The molecule has 264 valence electrons. The lowest BCUT2D eigenvalue weighted by atomic mass is 10.0. The summed E-state index contributed by atoms with van der Waals surface area (Å²) >= 11 is 5.94. The van der Waals surface area contributed by atoms with Crippen LogP contribution in [0.1, 0.15) is 35.3 Å². The number of halogens is 1. The zero-order valence-corrected chi connectivity index (χ0v) is 29.7. The molecule has 4 aromatic rings. The van der Waals surface area contributed by atoms with Gasteiger partial charge in [0, 0.05) is 47.4 Å². The van der Waals surface area contributed by atoms with E-state index in [-0.39, 0.29) is 47.4 Å². The molecule has 5 rings (SSSR count). The van der Waals surface area contributed by atoms with Crippen LogP contribution in [0.3, 0.4) is 0 Å². The molecular weight excluding hydrogens is 678 g/mol. The molecule has 0 aromatic heterocycles. The number of anilines is 3. The number of likely N-dealkylation sites (N-methyl/N-ethyl adjacent to an activating group) is 1. The van der Waals surface area contributed by atoms with E-state index in [0.717, 1.165) is 5.56 Å². The average molecular weight is 720 g/mol. The molecule has 13 heteroatoms. The Balaban J connectivity index is 1.33. The molecule has 0 aliphatic carbocycles. The van der Waals surface area contributed by atoms with Gasteiger partial charge in [-0.05, 0) is 86.3 Å². The second-order valence-electron chi connectivity index (χ2n) is 12.7. The van der Waals surface area contributed by atoms with Gasteiger partial charge in [-0.25, -0.2) is 8.42 Å². The fraction of sp³-hybridized carbons (Fsp3) is 0.297. The van der Waals surface area contributed by atoms with E-state index in [4.69, 9.17) is 22.1 Å². The van der Waals surface area contributed by atoms with Crippen molar-refractivity contribution in [1.82, 2.24) is 9.80 Å². The Labute approximate surface area is 298 Å². The average Bonchev–Trinajstić information content (AvgIpc) is 3.12. The Morgan fingerprint density at radius 3 is 2.46 bits per heavy atom. The first-order valence-electron chi connectivity index (χ1n) is 16.2. The van der Waals surface area contributed by atoms with Gasteiger partial charge in [0.1, 0.15) is 11.9 Å². The summed E-state index contributed by atoms with van der Waals surface area (Å²) in [5.74, 6) is -0.104. The summed E-state index contributed by atoms with van der Waals surface area (Å²) in [5.41, 5.74) is 9.30. The van der Waals surface area contributed by atoms with Crippen molar-refractivity contribution < 1.29 is 27.9 Å². The molecule has 0 unspecified atom stereocenters. The number of nitrogens with zero attached hydrogens (tertiary/aromatic N) is 2. The first kappa shape index (κ1) is 36.7. The van der Waals surface area contributed by atoms with Crippen molar-refractivity contribution in [1.29, 1.82) is 0 Å². The number of nitrogens with one attached hydrogen (secondary N) is 2. The summed E-state index contributed by atoms with van der Waals surface area (Å²) in [6.07, 6.45) is -0.404. The van der Waals surface area contributed by atoms with E-state index in [1.807, 2.05) is 26.1 Å². The smallest absolute Gasteiger partial charge is 0.261 e. The van der Waals surface area contributed by atoms with Crippen LogP contribution in [-0.2, 0) is 27.8 Å². The minimum absolute atomic E-state index is 0.0394. The maximum absolute atomic E-state index is 13.6. The van der Waals surface area contributed by atoms with Gasteiger partial charge in [-0.3, -0.25) is 19.2 Å². The minimum Gasteiger partial charge on any atom is -0.488 e. The largest absolute Gasteiger partial charge is 0.488 e. The molecule has 1 aliphatic rings. The maximum Gasteiger partial charge on any atom is 0.261 e. The van der Waals surface area contributed by atoms with Gasteiger partial charge in [0.25, 0.3) is 15.9 Å². The highest BCUT2D eigenvalue weighted by Gasteiger charge is 2.31. The monoisotopic (exact) mass is 719 g/mol. The van der Waals surface area contributed by atoms with Crippen LogP contribution in [0.15, 0.2) is 95.9 Å². The standard InChI is InChI=1S/C37H42ClN5O6S/c1-24-20-43(25(2)23-44)36(45)19-28-18-30(41-50(47,48)31-15-12-29(38)13-16-31)14-17-34(28)49-35(24)22-42(3)21-26-8-10-27(11-9-26)37(46)40-33-7-5-4-6-32(33)39/h4-18,24-25,35,41,44H,19-23,39H2,1-3H3,(H,40,46)/t24-,25+,35+/m1/s1. The van der Waals surface area contributed by atoms with Gasteiger partial charge in [0.15, 0.2) is 0 Å². The van der Waals surface area contributed by atoms with E-state index < -0.39 is 16.1 Å². The Bertz CT molecular complexity index is 1920. The van der Waals surface area contributed by atoms with E-state index in [1.165, 1.54) is 24.3 Å². The Morgan fingerprint density at radius 2 is 1.78 bits per heavy atom. The molecule has 3 atom stereocenters. The summed E-state index contributed by atoms with van der Waals surface area (Å²) in [5, 5.41) is 13.2. The first-order valence-corrected chi connectivity index (χ1v) is 18.1. The molecule has 2 amide bonds. The van der Waals surface area contributed by atoms with Crippen molar-refractivity contribution in [3.63, 3.8) is 0 Å². The molecule has 0 bridgehead atoms. The SMILES string of the molecule is C[C@@H]1CN([C@@H](C)CO)C(=O)Cc2cc(NS(=O)(=O)c3ccc(Cl)cc3)ccc2O[C@H]1CN(C)Cc1ccc(C(=O)Nc2ccccc2N)cc1. The van der Waals surface area contributed by atoms with Crippen molar-refractivity contribution >= 4 is 50.5 Å². The van der Waals surface area contributed by atoms with Gasteiger partial charge in [-0.15, -0.1) is 0 Å². The molecule has 50 heavy (non-hydrogen) atoms. The summed E-state index contributed by atoms with van der Waals surface area (Å²) in [6, 6.07) is 24.7. The highest BCUT2D eigenvalue weighted by Crippen LogP contribution is 2.30. The topological polar surface area (TPSA) is 154 Å². The summed E-state index contributed by atoms with van der Waals surface area (Å²) in [7, 11) is -1.95. The van der Waals surface area contributed by atoms with Gasteiger partial charge < -0.3 is 25.8 Å². The lowest BCUT2D eigenvalue weighted by Crippen LogP contribution is -2.47. The van der Waals surface area contributed by atoms with Crippen molar-refractivity contribution in [2.45, 2.75) is 43.9 Å². The van der Waals surface area contributed by atoms with Crippen LogP contribution >= 0.6 is 11.6 Å². The van der Waals surface area contributed by atoms with E-state index in [2.05, 4.69) is 14.9 Å². The molecule has 0 spiro atoms. The van der Waals surface area contributed by atoms with Crippen LogP contribution in [0, 0.1) is 5.92 Å². The molecular formula is C37H42ClN5O6S. The lowest BCUT2D eigenvalue weighted by Gasteiger charge is -2.34. The molecule has 0 fully saturated rings. The third kappa shape index (κ3) is 9.13. The third-order valence-electron chi connectivity index (χ3n) is 8.66. The number of para-hydroxylation sites is 2. The highest BCUT2D eigenvalue weighted by molar-refractivity contribution is 7.92. The number of amides is 2. The normalized spacial score (nSPS) is 17.2. The molecule has 0 saturated carbocycles. The second-order valence-corrected chi connectivity index (χ2v) is 14.8. The van der Waals surface area contributed by atoms with Crippen LogP contribution < -0.4 is 20.5 Å². The number of fused-ring (bicyclic) bond motifs is 1. The lowest BCUT2D eigenvalue weighted by molar-refractivity contribution is -0.134. The number of sulfonamides is 1. The summed E-state index contributed by atoms with van der Waals surface area (Å²) in [6.45, 7) is 5.02. The van der Waals surface area contributed by atoms with Crippen molar-refractivity contribution in [2.24, 2.45) is 5.92 Å². The minimum atomic E-state index is -3.92. The number of hydrogen-bond donors (Lipinski definition) is 4. The van der Waals surface area contributed by atoms with Gasteiger partial charge in [0.05, 0.1) is 35.3 Å². The molecule has 0 radical (unpaired) electrons. The van der Waals surface area contributed by atoms with Crippen LogP contribution in [0.4, 0.5) is 17.1 Å². The number of aliphatic hydroxyl groups is 1. The molecule has 1 aliphatic heterocycles. The zero-order chi connectivity index (χ0) is 36.0. The number of carbonyl (C=O) groups is 2. The molecule has 1 heterocycles. The predicted molar refractivity (Wildman–Crippen MR) is 196 cm³/mol. The number of carbonyl (C=O) groups excluding carboxylic acids is 2. The number of rotatable bonds is 11. The quantitative estimate of drug-likeness (QED) is 0.153. The zero-order valence-electron chi connectivity index (χ0n) is 28.2. The second kappa shape index (κ2) is 15.9. The third-order valence-corrected chi connectivity index (χ3v) is 10.3. The fourth-order valence-electron chi connectivity index (χ4n) is 5.79. The number of ether oxygens (including phenoxy) is 1. The predicted octanol–water partition coefficient (Wildman–Crippen LogP) is 5.26. The van der Waals surface area contributed by atoms with Crippen LogP contribution in [0.5, 0.6) is 5.75 Å². The Hall–Kier alpha value is -4.62. The highest BCUT2D eigenvalue weighted by atomic mass is 35.5. The van der Waals surface area contributed by atoms with Crippen LogP contribution in [0.25, 0.3) is 0 Å². The molecule has 4 aromatic carbocycles. The maximum atomic E-state index is 13.6. The fourth-order valence-corrected chi connectivity index (χ4v) is 6.96. The van der Waals surface area contributed by atoms with E-state index in [9.17, 15) is 23.1 Å². The number of benzene rings is 4. The van der Waals surface area contributed by atoms with Gasteiger partial charge in [-0.2, -0.15) is 0 Å². The van der Waals surface area contributed by atoms with Crippen molar-refractivity contribution in [3.8, 4) is 5.75 Å². The molecule has 5 N–H and O–H groups in total. The summed E-state index contributed by atoms with van der Waals surface area (Å²) in [4.78, 5) is 30.2. The van der Waals surface area contributed by atoms with E-state index in [0.29, 0.717) is 52.9 Å². The summed E-state index contributed by atoms with van der Waals surface area (Å²) < 4.78 is 35.4. The number of hydrogen-bond acceptors (Lipinski definition) is 8. The van der Waals surface area contributed by atoms with Crippen molar-refractivity contribution in [2.75, 3.05) is 42.5 Å². The number of aliphatic hydroxyl groups excluding tert-OH is 1. The molecule has 11 nitrogen and oxygen atoms in total. The first-order chi connectivity index (χ1) is 23.8. The number of nitrogens with two attached hydrogens (primary N) is 1. The van der Waals surface area contributed by atoms with Gasteiger partial charge in [0.2, 0.25) is 5.91 Å². The van der Waals surface area contributed by atoms with Crippen molar-refractivity contribution in [3.05, 3.63) is 113 Å². The van der Waals surface area contributed by atoms with Crippen LogP contribution in [0.2, 0.25) is 5.02 Å². The van der Waals surface area contributed by atoms with Crippen LogP contribution in [-0.4, -0.2) is 74.0 Å². The Morgan fingerprint density at radius 1 is 1.08 bits per heavy atom. The molecule has 0 saturated heterocycles. The Kier molecular flexibility index (Phi) is 11.7. The van der Waals surface area contributed by atoms with E-state index >= 15 is 0 Å². The number of nitrogen functional groups attached to an aromatic ring is 1.